The Hall–Kier alpha value is -3.40. The third-order valence-electron chi connectivity index (χ3n) is 4.68. The molecule has 0 atom stereocenters. The van der Waals surface area contributed by atoms with Gasteiger partial charge in [0, 0.05) is 18.0 Å². The van der Waals surface area contributed by atoms with Crippen LogP contribution in [-0.4, -0.2) is 13.0 Å². The smallest absolute Gasteiger partial charge is 0.255 e. The van der Waals surface area contributed by atoms with E-state index in [-0.39, 0.29) is 11.7 Å². The molecule has 1 N–H and O–H groups in total. The number of nitrogens with one attached hydrogen (secondary N) is 1. The van der Waals surface area contributed by atoms with Crippen molar-refractivity contribution in [1.82, 2.24) is 5.32 Å². The molecule has 0 spiro atoms. The highest BCUT2D eigenvalue weighted by Crippen LogP contribution is 2.37. The SMILES string of the molecule is CCC.CNC(=O)c1c(-c2ccc(F)cc2)oc2cc(C)c(-c3ccccc3)cc12. The molecule has 3 nitrogen and oxygen atoms in total. The molecule has 0 saturated heterocycles. The van der Waals surface area contributed by atoms with Crippen LogP contribution in [0.4, 0.5) is 4.39 Å². The molecule has 30 heavy (non-hydrogen) atoms. The van der Waals surface area contributed by atoms with Crippen LogP contribution in [-0.2, 0) is 0 Å². The molecule has 3 aromatic carbocycles. The van der Waals surface area contributed by atoms with Crippen LogP contribution in [0.2, 0.25) is 0 Å². The largest absolute Gasteiger partial charge is 0.455 e. The highest BCUT2D eigenvalue weighted by atomic mass is 19.1. The second-order valence-corrected chi connectivity index (χ2v) is 7.13. The number of furan rings is 1. The Bertz CT molecular complexity index is 1150. The topological polar surface area (TPSA) is 42.2 Å². The maximum absolute atomic E-state index is 13.3. The van der Waals surface area contributed by atoms with Crippen LogP contribution in [0.1, 0.15) is 36.2 Å². The maximum Gasteiger partial charge on any atom is 0.255 e. The molecule has 0 aliphatic rings. The zero-order chi connectivity index (χ0) is 21.7. The van der Waals surface area contributed by atoms with Gasteiger partial charge in [-0.25, -0.2) is 4.39 Å². The molecule has 4 heteroatoms. The van der Waals surface area contributed by atoms with Crippen molar-refractivity contribution in [3.8, 4) is 22.5 Å². The van der Waals surface area contributed by atoms with E-state index in [9.17, 15) is 9.18 Å². The van der Waals surface area contributed by atoms with E-state index in [4.69, 9.17) is 4.42 Å². The summed E-state index contributed by atoms with van der Waals surface area (Å²) in [5, 5.41) is 3.42. The number of fused-ring (bicyclic) bond motifs is 1. The van der Waals surface area contributed by atoms with Gasteiger partial charge in [0.1, 0.15) is 17.2 Å². The summed E-state index contributed by atoms with van der Waals surface area (Å²) in [7, 11) is 1.59. The minimum atomic E-state index is -0.335. The molecule has 0 aliphatic heterocycles. The van der Waals surface area contributed by atoms with Crippen LogP contribution >= 0.6 is 0 Å². The predicted octanol–water partition coefficient (Wildman–Crippen LogP) is 6.99. The number of halogens is 1. The van der Waals surface area contributed by atoms with Crippen molar-refractivity contribution in [3.05, 3.63) is 83.7 Å². The Labute approximate surface area is 176 Å². The van der Waals surface area contributed by atoms with E-state index in [1.165, 1.54) is 18.6 Å². The molecule has 4 rings (SSSR count). The summed E-state index contributed by atoms with van der Waals surface area (Å²) < 4.78 is 19.4. The lowest BCUT2D eigenvalue weighted by Crippen LogP contribution is -2.18. The fraction of sp³-hybridized carbons (Fsp3) is 0.192. The first-order valence-electron chi connectivity index (χ1n) is 10.1. The van der Waals surface area contributed by atoms with Crippen LogP contribution in [0, 0.1) is 12.7 Å². The maximum atomic E-state index is 13.3. The van der Waals surface area contributed by atoms with Gasteiger partial charge in [-0.1, -0.05) is 50.6 Å². The number of rotatable bonds is 3. The third kappa shape index (κ3) is 4.28. The van der Waals surface area contributed by atoms with E-state index >= 15 is 0 Å². The minimum absolute atomic E-state index is 0.240. The third-order valence-corrected chi connectivity index (χ3v) is 4.68. The second-order valence-electron chi connectivity index (χ2n) is 7.13. The van der Waals surface area contributed by atoms with E-state index in [0.29, 0.717) is 22.5 Å². The summed E-state index contributed by atoms with van der Waals surface area (Å²) in [5.74, 6) is -0.136. The molecule has 0 fully saturated rings. The number of aryl methyl sites for hydroxylation is 1. The number of carbonyl (C=O) groups is 1. The summed E-state index contributed by atoms with van der Waals surface area (Å²) in [6.07, 6.45) is 1.25. The second kappa shape index (κ2) is 9.40. The van der Waals surface area contributed by atoms with Gasteiger partial charge < -0.3 is 9.73 Å². The number of hydrogen-bond acceptors (Lipinski definition) is 2. The number of carbonyl (C=O) groups excluding carboxylic acids is 1. The van der Waals surface area contributed by atoms with E-state index < -0.39 is 0 Å². The van der Waals surface area contributed by atoms with Gasteiger partial charge in [0.25, 0.3) is 5.91 Å². The summed E-state index contributed by atoms with van der Waals surface area (Å²) in [6.45, 7) is 6.27. The first-order valence-corrected chi connectivity index (χ1v) is 10.1. The van der Waals surface area contributed by atoms with Crippen molar-refractivity contribution in [2.24, 2.45) is 0 Å². The quantitative estimate of drug-likeness (QED) is 0.400. The Morgan fingerprint density at radius 3 is 2.20 bits per heavy atom. The van der Waals surface area contributed by atoms with Gasteiger partial charge >= 0.3 is 0 Å². The Morgan fingerprint density at radius 1 is 0.967 bits per heavy atom. The average molecular weight is 403 g/mol. The van der Waals surface area contributed by atoms with Crippen molar-refractivity contribution in [3.63, 3.8) is 0 Å². The van der Waals surface area contributed by atoms with Crippen LogP contribution < -0.4 is 5.32 Å². The lowest BCUT2D eigenvalue weighted by molar-refractivity contribution is 0.0964. The zero-order valence-corrected chi connectivity index (χ0v) is 17.8. The fourth-order valence-electron chi connectivity index (χ4n) is 3.33. The van der Waals surface area contributed by atoms with Crippen molar-refractivity contribution in [2.45, 2.75) is 27.2 Å². The zero-order valence-electron chi connectivity index (χ0n) is 17.8. The highest BCUT2D eigenvalue weighted by molar-refractivity contribution is 6.12. The van der Waals surface area contributed by atoms with E-state index in [0.717, 1.165) is 22.1 Å². The van der Waals surface area contributed by atoms with Gasteiger partial charge in [0.2, 0.25) is 0 Å². The Balaban J connectivity index is 0.000000806. The molecule has 1 amide bonds. The van der Waals surface area contributed by atoms with Crippen molar-refractivity contribution in [1.29, 1.82) is 0 Å². The van der Waals surface area contributed by atoms with Crippen molar-refractivity contribution in [2.75, 3.05) is 7.05 Å². The van der Waals surface area contributed by atoms with Crippen LogP contribution in [0.15, 0.2) is 71.1 Å². The molecular formula is C26H26FNO2. The van der Waals surface area contributed by atoms with Crippen LogP contribution in [0.5, 0.6) is 0 Å². The summed E-state index contributed by atoms with van der Waals surface area (Å²) >= 11 is 0. The van der Waals surface area contributed by atoms with Gasteiger partial charge in [-0.15, -0.1) is 0 Å². The van der Waals surface area contributed by atoms with Crippen molar-refractivity contribution < 1.29 is 13.6 Å². The first-order chi connectivity index (χ1) is 14.5. The lowest BCUT2D eigenvalue weighted by Gasteiger charge is -2.07. The van der Waals surface area contributed by atoms with E-state index in [2.05, 4.69) is 19.2 Å². The standard InChI is InChI=1S/C23H18FNO2.C3H8/c1-14-12-20-19(13-18(14)15-6-4-3-5-7-15)21(23(26)25-2)22(27-20)16-8-10-17(24)11-9-16;1-3-2/h3-13H,1-2H3,(H,25,26);3H2,1-2H3. The van der Waals surface area contributed by atoms with Gasteiger partial charge in [-0.2, -0.15) is 0 Å². The van der Waals surface area contributed by atoms with Gasteiger partial charge in [-0.05, 0) is 60.0 Å². The minimum Gasteiger partial charge on any atom is -0.455 e. The molecule has 154 valence electrons. The number of benzene rings is 3. The van der Waals surface area contributed by atoms with Gasteiger partial charge in [0.05, 0.1) is 5.56 Å². The van der Waals surface area contributed by atoms with Crippen molar-refractivity contribution >= 4 is 16.9 Å². The molecule has 0 bridgehead atoms. The number of amides is 1. The number of hydrogen-bond donors (Lipinski definition) is 1. The van der Waals surface area contributed by atoms with E-state index in [1.54, 1.807) is 19.2 Å². The molecule has 1 heterocycles. The molecule has 4 aromatic rings. The van der Waals surface area contributed by atoms with Crippen LogP contribution in [0.3, 0.4) is 0 Å². The average Bonchev–Trinajstić information content (AvgIpc) is 3.12. The normalized spacial score (nSPS) is 10.4. The van der Waals surface area contributed by atoms with Crippen LogP contribution in [0.25, 0.3) is 33.4 Å². The fourth-order valence-corrected chi connectivity index (χ4v) is 3.33. The molecule has 0 aliphatic carbocycles. The Morgan fingerprint density at radius 2 is 1.60 bits per heavy atom. The highest BCUT2D eigenvalue weighted by Gasteiger charge is 2.22. The lowest BCUT2D eigenvalue weighted by atomic mass is 9.96. The van der Waals surface area contributed by atoms with E-state index in [1.807, 2.05) is 49.4 Å². The van der Waals surface area contributed by atoms with Gasteiger partial charge in [0.15, 0.2) is 0 Å². The molecule has 0 saturated carbocycles. The summed E-state index contributed by atoms with van der Waals surface area (Å²) in [6, 6.07) is 19.9. The molecule has 0 radical (unpaired) electrons. The molecule has 0 unspecified atom stereocenters. The molecular weight excluding hydrogens is 377 g/mol. The van der Waals surface area contributed by atoms with Gasteiger partial charge in [-0.3, -0.25) is 4.79 Å². The predicted molar refractivity (Wildman–Crippen MR) is 121 cm³/mol. The summed E-state index contributed by atoms with van der Waals surface area (Å²) in [5.41, 5.74) is 4.91. The monoisotopic (exact) mass is 403 g/mol. The molecule has 1 aromatic heterocycles. The first kappa shape index (κ1) is 21.3. The summed E-state index contributed by atoms with van der Waals surface area (Å²) in [4.78, 5) is 12.6. The Kier molecular flexibility index (Phi) is 6.68.